The fraction of sp³-hybridized carbons (Fsp3) is 0.381. The first-order valence-corrected chi connectivity index (χ1v) is 11.4. The molecular formula is C21H25N3O3S2. The largest absolute Gasteiger partial charge is 0.383 e. The van der Waals surface area contributed by atoms with Crippen LogP contribution in [-0.2, 0) is 22.5 Å². The Morgan fingerprint density at radius 1 is 1.31 bits per heavy atom. The molecule has 0 spiro atoms. The van der Waals surface area contributed by atoms with E-state index in [1.54, 1.807) is 11.7 Å². The van der Waals surface area contributed by atoms with Gasteiger partial charge in [-0.2, -0.15) is 0 Å². The highest BCUT2D eigenvalue weighted by Gasteiger charge is 2.15. The molecule has 2 aromatic heterocycles. The molecule has 0 radical (unpaired) electrons. The first kappa shape index (κ1) is 21.5. The van der Waals surface area contributed by atoms with Gasteiger partial charge in [0.25, 0.3) is 5.56 Å². The van der Waals surface area contributed by atoms with Gasteiger partial charge in [0, 0.05) is 13.2 Å². The van der Waals surface area contributed by atoms with Gasteiger partial charge in [0.05, 0.1) is 24.4 Å². The molecule has 0 aliphatic rings. The van der Waals surface area contributed by atoms with Gasteiger partial charge in [0.2, 0.25) is 5.91 Å². The Hall–Kier alpha value is -2.16. The number of nitrogens with one attached hydrogen (secondary N) is 1. The predicted molar refractivity (Wildman–Crippen MR) is 119 cm³/mol. The third kappa shape index (κ3) is 5.91. The number of ether oxygens (including phenoxy) is 1. The quantitative estimate of drug-likeness (QED) is 0.394. The van der Waals surface area contributed by atoms with Crippen LogP contribution in [0.4, 0.5) is 0 Å². The standard InChI is InChI=1S/C21H25N3O3S2/c1-15(8-9-16-6-4-3-5-7-16)22-18(25)14-29-21-23-17-10-13-28-19(17)20(26)24(21)11-12-27-2/h3-7,10,13,15H,8-9,11-12,14H2,1-2H3,(H,22,25). The van der Waals surface area contributed by atoms with Gasteiger partial charge in [-0.25, -0.2) is 4.98 Å². The number of methoxy groups -OCH3 is 1. The Bertz CT molecular complexity index is 1000. The maximum Gasteiger partial charge on any atom is 0.272 e. The number of carbonyl (C=O) groups is 1. The van der Waals surface area contributed by atoms with Crippen molar-refractivity contribution in [2.45, 2.75) is 37.5 Å². The van der Waals surface area contributed by atoms with Crippen LogP contribution in [0.3, 0.4) is 0 Å². The van der Waals surface area contributed by atoms with Crippen molar-refractivity contribution in [2.24, 2.45) is 0 Å². The number of hydrogen-bond acceptors (Lipinski definition) is 6. The van der Waals surface area contributed by atoms with E-state index in [1.807, 2.05) is 36.6 Å². The molecule has 6 nitrogen and oxygen atoms in total. The van der Waals surface area contributed by atoms with Gasteiger partial charge in [-0.15, -0.1) is 11.3 Å². The number of nitrogens with zero attached hydrogens (tertiary/aromatic N) is 2. The summed E-state index contributed by atoms with van der Waals surface area (Å²) in [6, 6.07) is 12.1. The number of rotatable bonds is 10. The molecule has 0 fully saturated rings. The van der Waals surface area contributed by atoms with Gasteiger partial charge in [0.15, 0.2) is 5.16 Å². The maximum atomic E-state index is 12.7. The zero-order chi connectivity index (χ0) is 20.6. The summed E-state index contributed by atoms with van der Waals surface area (Å²) in [7, 11) is 1.60. The molecule has 1 atom stereocenters. The minimum absolute atomic E-state index is 0.0616. The van der Waals surface area contributed by atoms with Crippen molar-refractivity contribution in [1.29, 1.82) is 0 Å². The zero-order valence-corrected chi connectivity index (χ0v) is 18.2. The van der Waals surface area contributed by atoms with Crippen molar-refractivity contribution in [3.63, 3.8) is 0 Å². The molecule has 0 bridgehead atoms. The third-order valence-electron chi connectivity index (χ3n) is 4.50. The third-order valence-corrected chi connectivity index (χ3v) is 6.37. The molecule has 0 aliphatic carbocycles. The SMILES string of the molecule is COCCn1c(SCC(=O)NC(C)CCc2ccccc2)nc2ccsc2c1=O. The number of hydrogen-bond donors (Lipinski definition) is 1. The fourth-order valence-electron chi connectivity index (χ4n) is 2.96. The highest BCUT2D eigenvalue weighted by molar-refractivity contribution is 7.99. The monoisotopic (exact) mass is 431 g/mol. The Balaban J connectivity index is 1.59. The number of thiophene rings is 1. The van der Waals surface area contributed by atoms with Crippen LogP contribution < -0.4 is 10.9 Å². The molecule has 154 valence electrons. The van der Waals surface area contributed by atoms with E-state index in [9.17, 15) is 9.59 Å². The summed E-state index contributed by atoms with van der Waals surface area (Å²) in [5.41, 5.74) is 1.85. The van der Waals surface area contributed by atoms with Gasteiger partial charge in [-0.3, -0.25) is 14.2 Å². The van der Waals surface area contributed by atoms with E-state index in [0.717, 1.165) is 12.8 Å². The summed E-state index contributed by atoms with van der Waals surface area (Å²) in [6.45, 7) is 2.83. The number of carbonyl (C=O) groups excluding carboxylic acids is 1. The van der Waals surface area contributed by atoms with E-state index in [1.165, 1.54) is 28.7 Å². The summed E-state index contributed by atoms with van der Waals surface area (Å²) in [5, 5.41) is 5.44. The van der Waals surface area contributed by atoms with Crippen molar-refractivity contribution >= 4 is 39.2 Å². The van der Waals surface area contributed by atoms with Crippen LogP contribution in [0, 0.1) is 0 Å². The molecule has 29 heavy (non-hydrogen) atoms. The average Bonchev–Trinajstić information content (AvgIpc) is 3.20. The number of aromatic nitrogens is 2. The van der Waals surface area contributed by atoms with Crippen LogP contribution in [0.25, 0.3) is 10.2 Å². The highest BCUT2D eigenvalue weighted by atomic mass is 32.2. The Morgan fingerprint density at radius 3 is 2.86 bits per heavy atom. The lowest BCUT2D eigenvalue weighted by Crippen LogP contribution is -2.34. The minimum Gasteiger partial charge on any atom is -0.383 e. The molecule has 0 saturated carbocycles. The van der Waals surface area contributed by atoms with E-state index < -0.39 is 0 Å². The topological polar surface area (TPSA) is 73.2 Å². The van der Waals surface area contributed by atoms with Gasteiger partial charge in [0.1, 0.15) is 4.70 Å². The number of thioether (sulfide) groups is 1. The second-order valence-corrected chi connectivity index (χ2v) is 8.62. The van der Waals surface area contributed by atoms with Crippen molar-refractivity contribution in [1.82, 2.24) is 14.9 Å². The molecular weight excluding hydrogens is 406 g/mol. The maximum absolute atomic E-state index is 12.7. The average molecular weight is 432 g/mol. The summed E-state index contributed by atoms with van der Waals surface area (Å²) in [4.78, 5) is 29.7. The van der Waals surface area contributed by atoms with Crippen LogP contribution in [0.1, 0.15) is 18.9 Å². The van der Waals surface area contributed by atoms with Crippen molar-refractivity contribution in [2.75, 3.05) is 19.5 Å². The van der Waals surface area contributed by atoms with Crippen molar-refractivity contribution in [3.8, 4) is 0 Å². The molecule has 0 saturated heterocycles. The fourth-order valence-corrected chi connectivity index (χ4v) is 4.57. The number of benzene rings is 1. The number of amides is 1. The van der Waals surface area contributed by atoms with Crippen LogP contribution in [0.15, 0.2) is 51.7 Å². The van der Waals surface area contributed by atoms with Crippen molar-refractivity contribution < 1.29 is 9.53 Å². The first-order chi connectivity index (χ1) is 14.1. The van der Waals surface area contributed by atoms with E-state index in [0.29, 0.717) is 28.5 Å². The Kier molecular flexibility index (Phi) is 7.85. The van der Waals surface area contributed by atoms with E-state index >= 15 is 0 Å². The molecule has 0 aliphatic heterocycles. The Morgan fingerprint density at radius 2 is 2.10 bits per heavy atom. The summed E-state index contributed by atoms with van der Waals surface area (Å²) >= 11 is 2.66. The molecule has 3 rings (SSSR count). The molecule has 3 aromatic rings. The van der Waals surface area contributed by atoms with Crippen LogP contribution in [0.2, 0.25) is 0 Å². The van der Waals surface area contributed by atoms with E-state index in [2.05, 4.69) is 22.4 Å². The van der Waals surface area contributed by atoms with E-state index in [4.69, 9.17) is 4.74 Å². The summed E-state index contributed by atoms with van der Waals surface area (Å²) < 4.78 is 7.34. The normalized spacial score (nSPS) is 12.2. The second-order valence-electron chi connectivity index (χ2n) is 6.76. The molecule has 1 unspecified atom stereocenters. The van der Waals surface area contributed by atoms with Crippen LogP contribution in [-0.4, -0.2) is 41.0 Å². The van der Waals surface area contributed by atoms with Gasteiger partial charge in [-0.05, 0) is 36.8 Å². The van der Waals surface area contributed by atoms with Gasteiger partial charge < -0.3 is 10.1 Å². The minimum atomic E-state index is -0.0822. The zero-order valence-electron chi connectivity index (χ0n) is 16.6. The lowest BCUT2D eigenvalue weighted by Gasteiger charge is -2.15. The Labute approximate surface area is 178 Å². The smallest absolute Gasteiger partial charge is 0.272 e. The summed E-state index contributed by atoms with van der Waals surface area (Å²) in [5.74, 6) is 0.151. The lowest BCUT2D eigenvalue weighted by atomic mass is 10.1. The molecule has 8 heteroatoms. The van der Waals surface area contributed by atoms with Gasteiger partial charge >= 0.3 is 0 Å². The highest BCUT2D eigenvalue weighted by Crippen LogP contribution is 2.21. The first-order valence-electron chi connectivity index (χ1n) is 9.51. The predicted octanol–water partition coefficient (Wildman–Crippen LogP) is 3.33. The second kappa shape index (κ2) is 10.6. The molecule has 1 N–H and O–H groups in total. The lowest BCUT2D eigenvalue weighted by molar-refractivity contribution is -0.119. The molecule has 1 aromatic carbocycles. The molecule has 2 heterocycles. The molecule has 1 amide bonds. The van der Waals surface area contributed by atoms with Crippen LogP contribution in [0.5, 0.6) is 0 Å². The van der Waals surface area contributed by atoms with Gasteiger partial charge in [-0.1, -0.05) is 42.1 Å². The van der Waals surface area contributed by atoms with E-state index in [-0.39, 0.29) is 23.3 Å². The van der Waals surface area contributed by atoms with Crippen LogP contribution >= 0.6 is 23.1 Å². The summed E-state index contributed by atoms with van der Waals surface area (Å²) in [6.07, 6.45) is 1.79. The van der Waals surface area contributed by atoms with Crippen molar-refractivity contribution in [3.05, 3.63) is 57.7 Å². The number of aryl methyl sites for hydroxylation is 1. The number of fused-ring (bicyclic) bond motifs is 1.